The van der Waals surface area contributed by atoms with Gasteiger partial charge in [0.05, 0.1) is 12.7 Å². The highest BCUT2D eigenvalue weighted by molar-refractivity contribution is 5.46. The molecule has 1 heterocycles. The van der Waals surface area contributed by atoms with Crippen LogP contribution in [0.4, 0.5) is 11.8 Å². The van der Waals surface area contributed by atoms with E-state index in [1.54, 1.807) is 0 Å². The molecule has 0 saturated heterocycles. The second-order valence-corrected chi connectivity index (χ2v) is 5.31. The monoisotopic (exact) mass is 278 g/mol. The minimum atomic E-state index is 0.467. The Morgan fingerprint density at radius 2 is 2.05 bits per heavy atom. The molecule has 1 aliphatic carbocycles. The fourth-order valence-electron chi connectivity index (χ4n) is 2.49. The van der Waals surface area contributed by atoms with Crippen molar-refractivity contribution >= 4 is 11.8 Å². The number of hydrogen-bond acceptors (Lipinski definition) is 5. The number of nitrogens with one attached hydrogen (secondary N) is 2. The van der Waals surface area contributed by atoms with E-state index in [9.17, 15) is 0 Å². The molecule has 1 saturated carbocycles. The molecule has 0 amide bonds. The average Bonchev–Trinajstić information content (AvgIpc) is 2.48. The Morgan fingerprint density at radius 3 is 2.80 bits per heavy atom. The molecule has 1 aromatic heterocycles. The van der Waals surface area contributed by atoms with Gasteiger partial charge in [-0.3, -0.25) is 0 Å². The molecular formula is C15H26N4O. The van der Waals surface area contributed by atoms with Gasteiger partial charge in [0.1, 0.15) is 5.82 Å². The fourth-order valence-corrected chi connectivity index (χ4v) is 2.49. The van der Waals surface area contributed by atoms with Crippen molar-refractivity contribution in [2.45, 2.75) is 52.1 Å². The SMILES string of the molecule is CCNc1ncc(C)c(NCCOC2CCCCC2)n1. The summed E-state index contributed by atoms with van der Waals surface area (Å²) >= 11 is 0. The van der Waals surface area contributed by atoms with Crippen LogP contribution in [0.25, 0.3) is 0 Å². The third-order valence-electron chi connectivity index (χ3n) is 3.61. The van der Waals surface area contributed by atoms with E-state index < -0.39 is 0 Å². The molecule has 1 aromatic rings. The highest BCUT2D eigenvalue weighted by atomic mass is 16.5. The molecule has 1 aliphatic rings. The average molecular weight is 278 g/mol. The van der Waals surface area contributed by atoms with E-state index in [0.717, 1.165) is 31.1 Å². The zero-order chi connectivity index (χ0) is 14.2. The predicted molar refractivity (Wildman–Crippen MR) is 82.2 cm³/mol. The number of aromatic nitrogens is 2. The summed E-state index contributed by atoms with van der Waals surface area (Å²) < 4.78 is 5.90. The topological polar surface area (TPSA) is 59.1 Å². The lowest BCUT2D eigenvalue weighted by molar-refractivity contribution is 0.0347. The smallest absolute Gasteiger partial charge is 0.224 e. The molecule has 2 rings (SSSR count). The summed E-state index contributed by atoms with van der Waals surface area (Å²) in [7, 11) is 0. The van der Waals surface area contributed by atoms with Crippen LogP contribution in [-0.4, -0.2) is 35.8 Å². The van der Waals surface area contributed by atoms with E-state index in [2.05, 4.69) is 20.6 Å². The van der Waals surface area contributed by atoms with Gasteiger partial charge in [0, 0.05) is 24.8 Å². The van der Waals surface area contributed by atoms with E-state index in [1.165, 1.54) is 32.1 Å². The van der Waals surface area contributed by atoms with Gasteiger partial charge >= 0.3 is 0 Å². The highest BCUT2D eigenvalue weighted by Crippen LogP contribution is 2.20. The van der Waals surface area contributed by atoms with Crippen molar-refractivity contribution in [2.24, 2.45) is 0 Å². The van der Waals surface area contributed by atoms with Gasteiger partial charge in [-0.05, 0) is 26.7 Å². The first-order valence-electron chi connectivity index (χ1n) is 7.72. The Morgan fingerprint density at radius 1 is 1.25 bits per heavy atom. The third kappa shape index (κ3) is 4.63. The third-order valence-corrected chi connectivity index (χ3v) is 3.61. The summed E-state index contributed by atoms with van der Waals surface area (Å²) in [5.41, 5.74) is 1.06. The minimum Gasteiger partial charge on any atom is -0.376 e. The van der Waals surface area contributed by atoms with Crippen LogP contribution < -0.4 is 10.6 Å². The first-order valence-corrected chi connectivity index (χ1v) is 7.72. The van der Waals surface area contributed by atoms with Gasteiger partial charge in [-0.2, -0.15) is 4.98 Å². The number of aryl methyl sites for hydroxylation is 1. The lowest BCUT2D eigenvalue weighted by Gasteiger charge is -2.22. The van der Waals surface area contributed by atoms with Gasteiger partial charge < -0.3 is 15.4 Å². The standard InChI is InChI=1S/C15H26N4O/c1-3-16-15-18-11-12(2)14(19-15)17-9-10-20-13-7-5-4-6-8-13/h11,13H,3-10H2,1-2H3,(H2,16,17,18,19). The van der Waals surface area contributed by atoms with E-state index in [1.807, 2.05) is 20.0 Å². The number of nitrogens with zero attached hydrogens (tertiary/aromatic N) is 2. The molecule has 0 radical (unpaired) electrons. The van der Waals surface area contributed by atoms with Gasteiger partial charge in [0.25, 0.3) is 0 Å². The van der Waals surface area contributed by atoms with Crippen molar-refractivity contribution in [3.63, 3.8) is 0 Å². The van der Waals surface area contributed by atoms with Crippen LogP contribution in [-0.2, 0) is 4.74 Å². The maximum absolute atomic E-state index is 5.90. The molecule has 0 atom stereocenters. The molecule has 0 spiro atoms. The first-order chi connectivity index (χ1) is 9.79. The summed E-state index contributed by atoms with van der Waals surface area (Å²) in [6.45, 7) is 6.41. The summed E-state index contributed by atoms with van der Waals surface area (Å²) in [6, 6.07) is 0. The van der Waals surface area contributed by atoms with E-state index in [0.29, 0.717) is 12.1 Å². The number of anilines is 2. The van der Waals surface area contributed by atoms with Crippen molar-refractivity contribution in [3.05, 3.63) is 11.8 Å². The Balaban J connectivity index is 1.73. The van der Waals surface area contributed by atoms with Crippen LogP contribution in [0.3, 0.4) is 0 Å². The molecule has 0 aromatic carbocycles. The summed E-state index contributed by atoms with van der Waals surface area (Å²) in [5.74, 6) is 1.57. The second kappa shape index (κ2) is 8.04. The maximum Gasteiger partial charge on any atom is 0.224 e. The zero-order valence-electron chi connectivity index (χ0n) is 12.6. The minimum absolute atomic E-state index is 0.467. The molecule has 5 nitrogen and oxygen atoms in total. The number of rotatable bonds is 7. The largest absolute Gasteiger partial charge is 0.376 e. The molecule has 0 aliphatic heterocycles. The maximum atomic E-state index is 5.90. The van der Waals surface area contributed by atoms with E-state index in [-0.39, 0.29) is 0 Å². The summed E-state index contributed by atoms with van der Waals surface area (Å²) in [4.78, 5) is 8.69. The molecule has 0 bridgehead atoms. The van der Waals surface area contributed by atoms with Crippen LogP contribution in [0.2, 0.25) is 0 Å². The molecule has 20 heavy (non-hydrogen) atoms. The molecule has 0 unspecified atom stereocenters. The van der Waals surface area contributed by atoms with Crippen molar-refractivity contribution in [3.8, 4) is 0 Å². The Kier molecular flexibility index (Phi) is 6.05. The molecular weight excluding hydrogens is 252 g/mol. The van der Waals surface area contributed by atoms with Crippen molar-refractivity contribution in [2.75, 3.05) is 30.3 Å². The Labute approximate surface area is 121 Å². The van der Waals surface area contributed by atoms with Gasteiger partial charge in [0.2, 0.25) is 5.95 Å². The van der Waals surface area contributed by atoms with Gasteiger partial charge in [0.15, 0.2) is 0 Å². The van der Waals surface area contributed by atoms with Crippen LogP contribution in [0.5, 0.6) is 0 Å². The van der Waals surface area contributed by atoms with Crippen molar-refractivity contribution < 1.29 is 4.74 Å². The highest BCUT2D eigenvalue weighted by Gasteiger charge is 2.13. The van der Waals surface area contributed by atoms with Crippen LogP contribution in [0, 0.1) is 6.92 Å². The van der Waals surface area contributed by atoms with Crippen LogP contribution >= 0.6 is 0 Å². The van der Waals surface area contributed by atoms with Crippen molar-refractivity contribution in [1.29, 1.82) is 0 Å². The van der Waals surface area contributed by atoms with E-state index in [4.69, 9.17) is 4.74 Å². The molecule has 112 valence electrons. The molecule has 1 fully saturated rings. The van der Waals surface area contributed by atoms with Gasteiger partial charge in [-0.1, -0.05) is 19.3 Å². The van der Waals surface area contributed by atoms with Gasteiger partial charge in [-0.15, -0.1) is 0 Å². The van der Waals surface area contributed by atoms with Crippen LogP contribution in [0.1, 0.15) is 44.6 Å². The van der Waals surface area contributed by atoms with Crippen LogP contribution in [0.15, 0.2) is 6.20 Å². The van der Waals surface area contributed by atoms with Crippen molar-refractivity contribution in [1.82, 2.24) is 9.97 Å². The zero-order valence-corrected chi connectivity index (χ0v) is 12.6. The predicted octanol–water partition coefficient (Wildman–Crippen LogP) is 2.98. The lowest BCUT2D eigenvalue weighted by atomic mass is 9.98. The van der Waals surface area contributed by atoms with E-state index >= 15 is 0 Å². The second-order valence-electron chi connectivity index (χ2n) is 5.31. The van der Waals surface area contributed by atoms with Gasteiger partial charge in [-0.25, -0.2) is 4.98 Å². The summed E-state index contributed by atoms with van der Waals surface area (Å²) in [5, 5.41) is 6.46. The Bertz CT molecular complexity index is 405. The quantitative estimate of drug-likeness (QED) is 0.751. The molecule has 2 N–H and O–H groups in total. The number of ether oxygens (including phenoxy) is 1. The Hall–Kier alpha value is -1.36. The lowest BCUT2D eigenvalue weighted by Crippen LogP contribution is -2.21. The normalized spacial score (nSPS) is 16.1. The molecule has 5 heteroatoms. The number of hydrogen-bond donors (Lipinski definition) is 2. The first kappa shape index (κ1) is 15.0. The fraction of sp³-hybridized carbons (Fsp3) is 0.733. The summed E-state index contributed by atoms with van der Waals surface area (Å²) in [6.07, 6.45) is 8.74.